The average molecular weight is 267 g/mol. The summed E-state index contributed by atoms with van der Waals surface area (Å²) >= 11 is 0. The SMILES string of the molecule is CCCn1ncc(OC)c1/C=C/CCNCCOC. The third-order valence-corrected chi connectivity index (χ3v) is 2.75. The van der Waals surface area contributed by atoms with E-state index in [2.05, 4.69) is 29.5 Å². The van der Waals surface area contributed by atoms with Crippen LogP contribution in [0, 0.1) is 0 Å². The normalized spacial score (nSPS) is 11.3. The summed E-state index contributed by atoms with van der Waals surface area (Å²) in [5, 5.41) is 7.63. The van der Waals surface area contributed by atoms with Gasteiger partial charge in [0.1, 0.15) is 5.69 Å². The first kappa shape index (κ1) is 15.7. The van der Waals surface area contributed by atoms with Gasteiger partial charge in [-0.05, 0) is 25.5 Å². The summed E-state index contributed by atoms with van der Waals surface area (Å²) in [6.45, 7) is 5.64. The minimum Gasteiger partial charge on any atom is -0.493 e. The molecule has 1 heterocycles. The number of nitrogens with one attached hydrogen (secondary N) is 1. The number of ether oxygens (including phenoxy) is 2. The average Bonchev–Trinajstić information content (AvgIpc) is 2.80. The fraction of sp³-hybridized carbons (Fsp3) is 0.643. The Bertz CT molecular complexity index is 375. The highest BCUT2D eigenvalue weighted by molar-refractivity contribution is 5.52. The second-order valence-corrected chi connectivity index (χ2v) is 4.26. The van der Waals surface area contributed by atoms with Crippen molar-refractivity contribution in [1.29, 1.82) is 0 Å². The minimum absolute atomic E-state index is 0.751. The molecule has 0 saturated heterocycles. The number of nitrogens with zero attached hydrogens (tertiary/aromatic N) is 2. The van der Waals surface area contributed by atoms with Crippen molar-refractivity contribution in [3.05, 3.63) is 18.0 Å². The highest BCUT2D eigenvalue weighted by atomic mass is 16.5. The number of aryl methyl sites for hydroxylation is 1. The third kappa shape index (κ3) is 5.44. The van der Waals surface area contributed by atoms with E-state index in [9.17, 15) is 0 Å². The Kier molecular flexibility index (Phi) is 7.93. The topological polar surface area (TPSA) is 48.3 Å². The van der Waals surface area contributed by atoms with E-state index in [-0.39, 0.29) is 0 Å². The molecular formula is C14H25N3O2. The summed E-state index contributed by atoms with van der Waals surface area (Å²) in [5.41, 5.74) is 1.04. The summed E-state index contributed by atoms with van der Waals surface area (Å²) in [6, 6.07) is 0. The van der Waals surface area contributed by atoms with Gasteiger partial charge in [0.2, 0.25) is 0 Å². The zero-order valence-electron chi connectivity index (χ0n) is 12.2. The maximum Gasteiger partial charge on any atom is 0.164 e. The van der Waals surface area contributed by atoms with Gasteiger partial charge in [0.15, 0.2) is 5.75 Å². The lowest BCUT2D eigenvalue weighted by atomic mass is 10.3. The summed E-state index contributed by atoms with van der Waals surface area (Å²) in [4.78, 5) is 0. The van der Waals surface area contributed by atoms with Crippen molar-refractivity contribution < 1.29 is 9.47 Å². The van der Waals surface area contributed by atoms with E-state index in [1.807, 2.05) is 4.68 Å². The molecule has 0 aliphatic carbocycles. The van der Waals surface area contributed by atoms with Crippen molar-refractivity contribution in [3.8, 4) is 5.75 Å². The predicted molar refractivity (Wildman–Crippen MR) is 77.5 cm³/mol. The quantitative estimate of drug-likeness (QED) is 0.658. The summed E-state index contributed by atoms with van der Waals surface area (Å²) in [5.74, 6) is 0.831. The summed E-state index contributed by atoms with van der Waals surface area (Å²) < 4.78 is 12.3. The van der Waals surface area contributed by atoms with Crippen LogP contribution in [-0.2, 0) is 11.3 Å². The van der Waals surface area contributed by atoms with E-state index in [0.29, 0.717) is 0 Å². The van der Waals surface area contributed by atoms with E-state index in [1.165, 1.54) is 0 Å². The minimum atomic E-state index is 0.751. The predicted octanol–water partition coefficient (Wildman–Crippen LogP) is 1.94. The third-order valence-electron chi connectivity index (χ3n) is 2.75. The van der Waals surface area contributed by atoms with Gasteiger partial charge in [-0.15, -0.1) is 0 Å². The van der Waals surface area contributed by atoms with Crippen molar-refractivity contribution >= 4 is 6.08 Å². The molecule has 0 spiro atoms. The summed E-state index contributed by atoms with van der Waals surface area (Å²) in [7, 11) is 3.39. The van der Waals surface area contributed by atoms with Crippen molar-refractivity contribution in [2.75, 3.05) is 33.9 Å². The van der Waals surface area contributed by atoms with Crippen LogP contribution in [0.15, 0.2) is 12.3 Å². The second kappa shape index (κ2) is 9.58. The van der Waals surface area contributed by atoms with Gasteiger partial charge in [0.25, 0.3) is 0 Å². The van der Waals surface area contributed by atoms with Crippen molar-refractivity contribution in [3.63, 3.8) is 0 Å². The molecule has 0 aliphatic rings. The fourth-order valence-electron chi connectivity index (χ4n) is 1.77. The standard InChI is InChI=1S/C14H25N3O2/c1-4-10-17-13(14(19-3)12-16-17)7-5-6-8-15-9-11-18-2/h5,7,12,15H,4,6,8-11H2,1-3H3/b7-5+. The van der Waals surface area contributed by atoms with Gasteiger partial charge < -0.3 is 14.8 Å². The van der Waals surface area contributed by atoms with Gasteiger partial charge in [-0.1, -0.05) is 13.0 Å². The lowest BCUT2D eigenvalue weighted by Gasteiger charge is -2.04. The molecule has 0 bridgehead atoms. The molecule has 0 atom stereocenters. The molecule has 0 aromatic carbocycles. The van der Waals surface area contributed by atoms with Crippen LogP contribution in [0.5, 0.6) is 5.75 Å². The number of hydrogen-bond acceptors (Lipinski definition) is 4. The molecule has 0 unspecified atom stereocenters. The Balaban J connectivity index is 2.43. The van der Waals surface area contributed by atoms with Crippen LogP contribution in [0.2, 0.25) is 0 Å². The molecule has 1 rings (SSSR count). The van der Waals surface area contributed by atoms with E-state index < -0.39 is 0 Å². The fourth-order valence-corrected chi connectivity index (χ4v) is 1.77. The number of rotatable bonds is 10. The van der Waals surface area contributed by atoms with Crippen LogP contribution < -0.4 is 10.1 Å². The lowest BCUT2D eigenvalue weighted by molar-refractivity contribution is 0.199. The first-order chi connectivity index (χ1) is 9.33. The van der Waals surface area contributed by atoms with Gasteiger partial charge >= 0.3 is 0 Å². The largest absolute Gasteiger partial charge is 0.493 e. The molecular weight excluding hydrogens is 242 g/mol. The first-order valence-electron chi connectivity index (χ1n) is 6.79. The van der Waals surface area contributed by atoms with E-state index in [4.69, 9.17) is 9.47 Å². The summed E-state index contributed by atoms with van der Waals surface area (Å²) in [6.07, 6.45) is 8.03. The van der Waals surface area contributed by atoms with Crippen LogP contribution in [0.1, 0.15) is 25.5 Å². The molecule has 5 heteroatoms. The van der Waals surface area contributed by atoms with Crippen LogP contribution >= 0.6 is 0 Å². The van der Waals surface area contributed by atoms with E-state index >= 15 is 0 Å². The molecule has 108 valence electrons. The number of methoxy groups -OCH3 is 2. The highest BCUT2D eigenvalue weighted by Gasteiger charge is 2.06. The van der Waals surface area contributed by atoms with Crippen LogP contribution in [-0.4, -0.2) is 43.7 Å². The number of hydrogen-bond donors (Lipinski definition) is 1. The molecule has 0 amide bonds. The van der Waals surface area contributed by atoms with Gasteiger partial charge in [-0.2, -0.15) is 5.10 Å². The maximum atomic E-state index is 5.32. The highest BCUT2D eigenvalue weighted by Crippen LogP contribution is 2.19. The molecule has 0 fully saturated rings. The van der Waals surface area contributed by atoms with Crippen LogP contribution in [0.3, 0.4) is 0 Å². The second-order valence-electron chi connectivity index (χ2n) is 4.26. The van der Waals surface area contributed by atoms with E-state index in [1.54, 1.807) is 20.4 Å². The van der Waals surface area contributed by atoms with Crippen molar-refractivity contribution in [2.45, 2.75) is 26.3 Å². The van der Waals surface area contributed by atoms with Crippen LogP contribution in [0.4, 0.5) is 0 Å². The lowest BCUT2D eigenvalue weighted by Crippen LogP contribution is -2.19. The zero-order valence-corrected chi connectivity index (χ0v) is 12.2. The maximum absolute atomic E-state index is 5.32. The van der Waals surface area contributed by atoms with E-state index in [0.717, 1.165) is 50.5 Å². The molecule has 0 aliphatic heterocycles. The monoisotopic (exact) mass is 267 g/mol. The smallest absolute Gasteiger partial charge is 0.164 e. The Morgan fingerprint density at radius 1 is 1.37 bits per heavy atom. The van der Waals surface area contributed by atoms with Gasteiger partial charge in [-0.25, -0.2) is 0 Å². The molecule has 1 aromatic rings. The van der Waals surface area contributed by atoms with Gasteiger partial charge in [0, 0.05) is 20.2 Å². The Labute approximate surface area is 115 Å². The van der Waals surface area contributed by atoms with Crippen molar-refractivity contribution in [2.24, 2.45) is 0 Å². The molecule has 5 nitrogen and oxygen atoms in total. The first-order valence-corrected chi connectivity index (χ1v) is 6.79. The molecule has 1 aromatic heterocycles. The Hall–Kier alpha value is -1.33. The molecule has 19 heavy (non-hydrogen) atoms. The zero-order chi connectivity index (χ0) is 13.9. The van der Waals surface area contributed by atoms with Gasteiger partial charge in [-0.3, -0.25) is 4.68 Å². The van der Waals surface area contributed by atoms with Gasteiger partial charge in [0.05, 0.1) is 19.9 Å². The van der Waals surface area contributed by atoms with Crippen LogP contribution in [0.25, 0.3) is 6.08 Å². The Morgan fingerprint density at radius 3 is 2.89 bits per heavy atom. The molecule has 0 saturated carbocycles. The Morgan fingerprint density at radius 2 is 2.21 bits per heavy atom. The van der Waals surface area contributed by atoms with Crippen molar-refractivity contribution in [1.82, 2.24) is 15.1 Å². The molecule has 0 radical (unpaired) electrons. The number of aromatic nitrogens is 2. The molecule has 1 N–H and O–H groups in total.